The second-order valence-corrected chi connectivity index (χ2v) is 5.44. The van der Waals surface area contributed by atoms with Crippen molar-refractivity contribution < 1.29 is 27.5 Å². The van der Waals surface area contributed by atoms with Gasteiger partial charge in [-0.15, -0.1) is 0 Å². The maximum atomic E-state index is 14.1. The SMILES string of the molecule is CCOC(=O)C1Cc2cc(F)c(F)c(F)c2N(C2CC2)C1=O. The second kappa shape index (κ2) is 5.30. The molecule has 1 fully saturated rings. The zero-order valence-corrected chi connectivity index (χ0v) is 11.9. The lowest BCUT2D eigenvalue weighted by Gasteiger charge is -2.33. The molecule has 118 valence electrons. The van der Waals surface area contributed by atoms with Gasteiger partial charge in [0.15, 0.2) is 17.5 Å². The molecule has 0 spiro atoms. The number of esters is 1. The molecule has 1 heterocycles. The van der Waals surface area contributed by atoms with Crippen molar-refractivity contribution in [1.82, 2.24) is 0 Å². The number of benzene rings is 1. The third kappa shape index (κ3) is 2.24. The van der Waals surface area contributed by atoms with E-state index in [0.717, 1.165) is 11.0 Å². The number of rotatable bonds is 3. The number of hydrogen-bond donors (Lipinski definition) is 0. The molecule has 0 N–H and O–H groups in total. The van der Waals surface area contributed by atoms with Crippen molar-refractivity contribution in [2.24, 2.45) is 5.92 Å². The fourth-order valence-corrected chi connectivity index (χ4v) is 2.76. The molecule has 0 radical (unpaired) electrons. The summed E-state index contributed by atoms with van der Waals surface area (Å²) in [5, 5.41) is 0. The Morgan fingerprint density at radius 2 is 2.00 bits per heavy atom. The average molecular weight is 313 g/mol. The fraction of sp³-hybridized carbons (Fsp3) is 0.467. The van der Waals surface area contributed by atoms with Crippen molar-refractivity contribution in [3.8, 4) is 0 Å². The number of carbonyl (C=O) groups excluding carboxylic acids is 2. The van der Waals surface area contributed by atoms with Crippen LogP contribution in [0.25, 0.3) is 0 Å². The number of halogens is 3. The molecule has 1 amide bonds. The summed E-state index contributed by atoms with van der Waals surface area (Å²) in [7, 11) is 0. The number of nitrogens with zero attached hydrogens (tertiary/aromatic N) is 1. The van der Waals surface area contributed by atoms with E-state index in [1.54, 1.807) is 6.92 Å². The minimum Gasteiger partial charge on any atom is -0.465 e. The Balaban J connectivity index is 2.09. The lowest BCUT2D eigenvalue weighted by atomic mass is 9.91. The van der Waals surface area contributed by atoms with Gasteiger partial charge in [0.1, 0.15) is 5.92 Å². The molecule has 1 aromatic carbocycles. The molecular weight excluding hydrogens is 299 g/mol. The molecule has 1 saturated carbocycles. The summed E-state index contributed by atoms with van der Waals surface area (Å²) in [5.74, 6) is -6.79. The van der Waals surface area contributed by atoms with E-state index in [-0.39, 0.29) is 30.3 Å². The van der Waals surface area contributed by atoms with Gasteiger partial charge < -0.3 is 9.64 Å². The topological polar surface area (TPSA) is 46.6 Å². The van der Waals surface area contributed by atoms with Crippen LogP contribution in [0, 0.1) is 23.4 Å². The first-order valence-electron chi connectivity index (χ1n) is 7.11. The van der Waals surface area contributed by atoms with Crippen LogP contribution < -0.4 is 4.90 Å². The Kier molecular flexibility index (Phi) is 3.58. The van der Waals surface area contributed by atoms with Crippen molar-refractivity contribution in [2.75, 3.05) is 11.5 Å². The van der Waals surface area contributed by atoms with Gasteiger partial charge >= 0.3 is 5.97 Å². The second-order valence-electron chi connectivity index (χ2n) is 5.44. The summed E-state index contributed by atoms with van der Waals surface area (Å²) >= 11 is 0. The van der Waals surface area contributed by atoms with Crippen molar-refractivity contribution in [2.45, 2.75) is 32.2 Å². The van der Waals surface area contributed by atoms with Gasteiger partial charge in [0.25, 0.3) is 0 Å². The summed E-state index contributed by atoms with van der Waals surface area (Å²) < 4.78 is 45.9. The van der Waals surface area contributed by atoms with Crippen LogP contribution in [0.2, 0.25) is 0 Å². The lowest BCUT2D eigenvalue weighted by Crippen LogP contribution is -2.47. The molecule has 1 atom stereocenters. The highest BCUT2D eigenvalue weighted by molar-refractivity contribution is 6.09. The van der Waals surface area contributed by atoms with Gasteiger partial charge in [0.05, 0.1) is 12.3 Å². The molecular formula is C15H14F3NO3. The molecule has 0 saturated heterocycles. The number of fused-ring (bicyclic) bond motifs is 1. The molecule has 7 heteroatoms. The zero-order chi connectivity index (χ0) is 16.0. The normalized spacial score (nSPS) is 20.8. The molecule has 22 heavy (non-hydrogen) atoms. The van der Waals surface area contributed by atoms with E-state index in [1.807, 2.05) is 0 Å². The van der Waals surface area contributed by atoms with Gasteiger partial charge in [-0.2, -0.15) is 0 Å². The monoisotopic (exact) mass is 313 g/mol. The summed E-state index contributed by atoms with van der Waals surface area (Å²) in [6.45, 7) is 1.71. The molecule has 0 bridgehead atoms. The van der Waals surface area contributed by atoms with Crippen LogP contribution in [0.15, 0.2) is 6.07 Å². The summed E-state index contributed by atoms with van der Waals surface area (Å²) in [6.07, 6.45) is 1.09. The number of ether oxygens (including phenoxy) is 1. The molecule has 4 nitrogen and oxygen atoms in total. The van der Waals surface area contributed by atoms with Gasteiger partial charge in [-0.3, -0.25) is 9.59 Å². The highest BCUT2D eigenvalue weighted by atomic mass is 19.2. The molecule has 1 aliphatic heterocycles. The Bertz CT molecular complexity index is 658. The smallest absolute Gasteiger partial charge is 0.318 e. The average Bonchev–Trinajstić information content (AvgIpc) is 3.30. The predicted octanol–water partition coefficient (Wildman–Crippen LogP) is 2.33. The van der Waals surface area contributed by atoms with Crippen molar-refractivity contribution >= 4 is 17.6 Å². The molecule has 1 aliphatic carbocycles. The molecule has 3 rings (SSSR count). The Labute approximate surface area is 124 Å². The maximum Gasteiger partial charge on any atom is 0.318 e. The van der Waals surface area contributed by atoms with E-state index in [1.165, 1.54) is 0 Å². The highest BCUT2D eigenvalue weighted by Gasteiger charge is 2.46. The van der Waals surface area contributed by atoms with Crippen molar-refractivity contribution in [3.05, 3.63) is 29.1 Å². The van der Waals surface area contributed by atoms with Gasteiger partial charge in [-0.1, -0.05) is 0 Å². The van der Waals surface area contributed by atoms with E-state index < -0.39 is 35.2 Å². The summed E-state index contributed by atoms with van der Waals surface area (Å²) in [6, 6.07) is 0.574. The van der Waals surface area contributed by atoms with E-state index >= 15 is 0 Å². The van der Waals surface area contributed by atoms with Crippen LogP contribution >= 0.6 is 0 Å². The van der Waals surface area contributed by atoms with E-state index in [2.05, 4.69) is 0 Å². The Morgan fingerprint density at radius 1 is 1.32 bits per heavy atom. The van der Waals surface area contributed by atoms with Crippen LogP contribution in [0.5, 0.6) is 0 Å². The minimum atomic E-state index is -1.60. The van der Waals surface area contributed by atoms with Gasteiger partial charge in [-0.25, -0.2) is 13.2 Å². The van der Waals surface area contributed by atoms with Crippen molar-refractivity contribution in [1.29, 1.82) is 0 Å². The first-order chi connectivity index (χ1) is 10.5. The lowest BCUT2D eigenvalue weighted by molar-refractivity contribution is -0.151. The van der Waals surface area contributed by atoms with Crippen LogP contribution in [0.3, 0.4) is 0 Å². The largest absolute Gasteiger partial charge is 0.465 e. The van der Waals surface area contributed by atoms with Gasteiger partial charge in [-0.05, 0) is 37.8 Å². The number of carbonyl (C=O) groups is 2. The Morgan fingerprint density at radius 3 is 2.59 bits per heavy atom. The van der Waals surface area contributed by atoms with Crippen LogP contribution in [0.4, 0.5) is 18.9 Å². The molecule has 2 aliphatic rings. The predicted molar refractivity (Wildman–Crippen MR) is 70.7 cm³/mol. The van der Waals surface area contributed by atoms with Gasteiger partial charge in [0.2, 0.25) is 5.91 Å². The zero-order valence-electron chi connectivity index (χ0n) is 11.9. The number of hydrogen-bond acceptors (Lipinski definition) is 3. The van der Waals surface area contributed by atoms with Gasteiger partial charge in [0, 0.05) is 6.04 Å². The standard InChI is InChI=1S/C15H14F3NO3/c1-2-22-15(21)9-5-7-6-10(16)11(17)12(18)13(7)19(14(9)20)8-3-4-8/h6,8-9H,2-5H2,1H3. The molecule has 1 unspecified atom stereocenters. The third-order valence-corrected chi connectivity index (χ3v) is 3.90. The van der Waals surface area contributed by atoms with E-state index in [0.29, 0.717) is 12.8 Å². The van der Waals surface area contributed by atoms with E-state index in [4.69, 9.17) is 4.74 Å². The number of anilines is 1. The minimum absolute atomic E-state index is 0.102. The summed E-state index contributed by atoms with van der Waals surface area (Å²) in [4.78, 5) is 25.5. The molecule has 0 aromatic heterocycles. The quantitative estimate of drug-likeness (QED) is 0.489. The van der Waals surface area contributed by atoms with Crippen LogP contribution in [-0.2, 0) is 20.7 Å². The first kappa shape index (κ1) is 14.9. The number of amides is 1. The first-order valence-corrected chi connectivity index (χ1v) is 7.11. The Hall–Kier alpha value is -2.05. The highest BCUT2D eigenvalue weighted by Crippen LogP contribution is 2.42. The van der Waals surface area contributed by atoms with E-state index in [9.17, 15) is 22.8 Å². The van der Waals surface area contributed by atoms with Crippen LogP contribution in [-0.4, -0.2) is 24.5 Å². The maximum absolute atomic E-state index is 14.1. The summed E-state index contributed by atoms with van der Waals surface area (Å²) in [5.41, 5.74) is -0.132. The van der Waals surface area contributed by atoms with Crippen LogP contribution in [0.1, 0.15) is 25.3 Å². The fourth-order valence-electron chi connectivity index (χ4n) is 2.76. The third-order valence-electron chi connectivity index (χ3n) is 3.90. The molecule has 1 aromatic rings. The van der Waals surface area contributed by atoms with Crippen molar-refractivity contribution in [3.63, 3.8) is 0 Å².